The van der Waals surface area contributed by atoms with Gasteiger partial charge in [0.1, 0.15) is 0 Å². The van der Waals surface area contributed by atoms with Crippen LogP contribution in [0.2, 0.25) is 0 Å². The summed E-state index contributed by atoms with van der Waals surface area (Å²) in [6.07, 6.45) is 6.01. The Morgan fingerprint density at radius 1 is 0.842 bits per heavy atom. The average Bonchev–Trinajstić information content (AvgIpc) is 2.96. The van der Waals surface area contributed by atoms with Crippen LogP contribution < -0.4 is 0 Å². The van der Waals surface area contributed by atoms with E-state index in [0.717, 1.165) is 11.1 Å². The highest BCUT2D eigenvalue weighted by Crippen LogP contribution is 2.36. The smallest absolute Gasteiger partial charge is 0.167 e. The maximum atomic E-state index is 11.2. The summed E-state index contributed by atoms with van der Waals surface area (Å²) in [4.78, 5) is 0. The fraction of sp³-hybridized carbons (Fsp3) is 0.0588. The molecule has 2 aromatic carbocycles. The van der Waals surface area contributed by atoms with Gasteiger partial charge >= 0.3 is 0 Å². The molecule has 1 atom stereocenters. The Morgan fingerprint density at radius 3 is 2.26 bits per heavy atom. The van der Waals surface area contributed by atoms with Gasteiger partial charge in [-0.2, -0.15) is 0 Å². The van der Waals surface area contributed by atoms with E-state index in [0.29, 0.717) is 0 Å². The van der Waals surface area contributed by atoms with Crippen LogP contribution in [0.1, 0.15) is 5.56 Å². The first-order valence-corrected chi connectivity index (χ1v) is 7.14. The first kappa shape index (κ1) is 12.1. The van der Waals surface area contributed by atoms with Crippen LogP contribution >= 0.6 is 8.46 Å². The molecule has 0 radical (unpaired) electrons. The first-order chi connectivity index (χ1) is 9.40. The maximum absolute atomic E-state index is 11.2. The van der Waals surface area contributed by atoms with Crippen molar-refractivity contribution in [3.05, 3.63) is 78.4 Å². The van der Waals surface area contributed by atoms with Gasteiger partial charge in [-0.05, 0) is 22.3 Å². The highest BCUT2D eigenvalue weighted by Gasteiger charge is 2.19. The Bertz CT molecular complexity index is 656. The van der Waals surface area contributed by atoms with Gasteiger partial charge in [0.05, 0.1) is 5.66 Å². The van der Waals surface area contributed by atoms with Crippen molar-refractivity contribution in [2.45, 2.75) is 5.66 Å². The molecule has 1 aliphatic rings. The minimum Gasteiger partial charge on any atom is -0.274 e. The van der Waals surface area contributed by atoms with E-state index >= 15 is 0 Å². The summed E-state index contributed by atoms with van der Waals surface area (Å²) in [5, 5.41) is 0. The van der Waals surface area contributed by atoms with Crippen molar-refractivity contribution in [3.8, 4) is 11.1 Å². The van der Waals surface area contributed by atoms with Crippen molar-refractivity contribution >= 4 is 14.0 Å². The fourth-order valence-corrected chi connectivity index (χ4v) is 2.92. The zero-order valence-corrected chi connectivity index (χ0v) is 11.3. The second-order valence-electron chi connectivity index (χ2n) is 4.47. The van der Waals surface area contributed by atoms with Gasteiger partial charge in [-0.15, -0.1) is 0 Å². The molecule has 0 amide bonds. The monoisotopic (exact) mass is 264 g/mol. The van der Waals surface area contributed by atoms with Crippen LogP contribution in [-0.2, 0) is 4.57 Å². The fourth-order valence-electron chi connectivity index (χ4n) is 2.41. The van der Waals surface area contributed by atoms with Crippen molar-refractivity contribution in [1.29, 1.82) is 0 Å². The topological polar surface area (TPSA) is 17.1 Å². The molecule has 0 aromatic heterocycles. The molecular formula is C17H13OP. The zero-order chi connectivity index (χ0) is 13.1. The molecule has 0 fully saturated rings. The van der Waals surface area contributed by atoms with Crippen LogP contribution in [0.15, 0.2) is 72.8 Å². The van der Waals surface area contributed by atoms with E-state index in [9.17, 15) is 4.57 Å². The third-order valence-corrected chi connectivity index (χ3v) is 4.00. The number of allylic oxidation sites excluding steroid dienone is 4. The molecule has 2 aromatic rings. The molecule has 0 saturated heterocycles. The molecule has 2 heteroatoms. The lowest BCUT2D eigenvalue weighted by atomic mass is 9.94. The third kappa shape index (κ3) is 2.30. The summed E-state index contributed by atoms with van der Waals surface area (Å²) in [5.74, 6) is 0. The maximum Gasteiger partial charge on any atom is 0.167 e. The van der Waals surface area contributed by atoms with Crippen LogP contribution in [0.25, 0.3) is 16.7 Å². The lowest BCUT2D eigenvalue weighted by Crippen LogP contribution is -1.97. The largest absolute Gasteiger partial charge is 0.274 e. The molecule has 0 heterocycles. The van der Waals surface area contributed by atoms with Crippen LogP contribution in [0.3, 0.4) is 0 Å². The van der Waals surface area contributed by atoms with Gasteiger partial charge in [-0.3, -0.25) is 4.57 Å². The van der Waals surface area contributed by atoms with E-state index in [4.69, 9.17) is 0 Å². The normalized spacial score (nSPS) is 17.7. The van der Waals surface area contributed by atoms with Crippen molar-refractivity contribution in [2.75, 3.05) is 0 Å². The van der Waals surface area contributed by atoms with Crippen LogP contribution in [-0.4, -0.2) is 5.66 Å². The van der Waals surface area contributed by atoms with Crippen LogP contribution in [0.4, 0.5) is 0 Å². The van der Waals surface area contributed by atoms with Gasteiger partial charge in [0.25, 0.3) is 0 Å². The van der Waals surface area contributed by atoms with Crippen molar-refractivity contribution < 1.29 is 4.57 Å². The van der Waals surface area contributed by atoms with E-state index in [1.165, 1.54) is 11.1 Å². The molecule has 3 rings (SSSR count). The standard InChI is InChI=1S/C17H13OP/c18-19-17-12-6-11-16(17)15-10-5-4-9-14(15)13-7-2-1-3-8-13/h1-12,17H. The molecule has 92 valence electrons. The Balaban J connectivity index is 2.11. The van der Waals surface area contributed by atoms with Crippen molar-refractivity contribution in [2.24, 2.45) is 0 Å². The lowest BCUT2D eigenvalue weighted by Gasteiger charge is -2.13. The highest BCUT2D eigenvalue weighted by molar-refractivity contribution is 7.26. The second kappa shape index (κ2) is 5.34. The summed E-state index contributed by atoms with van der Waals surface area (Å²) in [6, 6.07) is 18.6. The lowest BCUT2D eigenvalue weighted by molar-refractivity contribution is 0.598. The summed E-state index contributed by atoms with van der Waals surface area (Å²) in [6.45, 7) is 0. The van der Waals surface area contributed by atoms with Gasteiger partial charge in [0.15, 0.2) is 8.46 Å². The highest BCUT2D eigenvalue weighted by atomic mass is 31.1. The van der Waals surface area contributed by atoms with E-state index in [1.54, 1.807) is 0 Å². The number of hydrogen-bond acceptors (Lipinski definition) is 1. The summed E-state index contributed by atoms with van der Waals surface area (Å²) >= 11 is 0. The SMILES string of the molecule is O=PC1C=CC=C1c1ccccc1-c1ccccc1. The molecule has 0 saturated carbocycles. The van der Waals surface area contributed by atoms with E-state index in [-0.39, 0.29) is 14.1 Å². The predicted molar refractivity (Wildman–Crippen MR) is 80.4 cm³/mol. The first-order valence-electron chi connectivity index (χ1n) is 6.26. The van der Waals surface area contributed by atoms with Gasteiger partial charge in [0.2, 0.25) is 0 Å². The molecule has 19 heavy (non-hydrogen) atoms. The van der Waals surface area contributed by atoms with E-state index in [2.05, 4.69) is 30.3 Å². The second-order valence-corrected chi connectivity index (χ2v) is 5.24. The van der Waals surface area contributed by atoms with Gasteiger partial charge < -0.3 is 0 Å². The van der Waals surface area contributed by atoms with E-state index < -0.39 is 0 Å². The minimum absolute atomic E-state index is 0.0233. The van der Waals surface area contributed by atoms with Crippen LogP contribution in [0.5, 0.6) is 0 Å². The van der Waals surface area contributed by atoms with E-state index in [1.807, 2.05) is 42.5 Å². The molecule has 1 nitrogen and oxygen atoms in total. The number of hydrogen-bond donors (Lipinski definition) is 0. The molecule has 1 aliphatic carbocycles. The molecule has 1 unspecified atom stereocenters. The van der Waals surface area contributed by atoms with Gasteiger partial charge in [-0.1, -0.05) is 72.8 Å². The van der Waals surface area contributed by atoms with Crippen LogP contribution in [0, 0.1) is 0 Å². The number of rotatable bonds is 3. The summed E-state index contributed by atoms with van der Waals surface area (Å²) in [7, 11) is 0.150. The Kier molecular flexibility index (Phi) is 3.39. The average molecular weight is 264 g/mol. The van der Waals surface area contributed by atoms with Crippen molar-refractivity contribution in [1.82, 2.24) is 0 Å². The zero-order valence-electron chi connectivity index (χ0n) is 10.4. The van der Waals surface area contributed by atoms with Gasteiger partial charge in [0, 0.05) is 0 Å². The molecular weight excluding hydrogens is 251 g/mol. The minimum atomic E-state index is -0.0233. The van der Waals surface area contributed by atoms with Crippen molar-refractivity contribution in [3.63, 3.8) is 0 Å². The summed E-state index contributed by atoms with van der Waals surface area (Å²) < 4.78 is 11.2. The summed E-state index contributed by atoms with van der Waals surface area (Å²) in [5.41, 5.74) is 4.63. The Morgan fingerprint density at radius 2 is 1.53 bits per heavy atom. The quantitative estimate of drug-likeness (QED) is 0.715. The molecule has 0 aliphatic heterocycles. The number of benzene rings is 2. The van der Waals surface area contributed by atoms with Gasteiger partial charge in [-0.25, -0.2) is 0 Å². The molecule has 0 N–H and O–H groups in total. The third-order valence-electron chi connectivity index (χ3n) is 3.32. The molecule has 0 bridgehead atoms. The predicted octanol–water partition coefficient (Wildman–Crippen LogP) is 4.97. The molecule has 0 spiro atoms. The Hall–Kier alpha value is -1.98. The Labute approximate surface area is 114 Å².